The quantitative estimate of drug-likeness (QED) is 0.875. The van der Waals surface area contributed by atoms with E-state index in [1.807, 2.05) is 42.5 Å². The van der Waals surface area contributed by atoms with Crippen LogP contribution in [0.3, 0.4) is 0 Å². The molecule has 3 N–H and O–H groups in total. The molecule has 0 unspecified atom stereocenters. The molecule has 130 valence electrons. The molecule has 0 aliphatic heterocycles. The zero-order valence-electron chi connectivity index (χ0n) is 14.0. The number of carbonyl (C=O) groups excluding carboxylic acids is 3. The molecule has 2 atom stereocenters. The molecule has 1 aliphatic rings. The molecule has 1 aliphatic carbocycles. The molecular weight excluding hydrogens is 316 g/mol. The Morgan fingerprint density at radius 3 is 2.64 bits per heavy atom. The molecule has 3 rings (SSSR count). The van der Waals surface area contributed by atoms with Gasteiger partial charge in [0.1, 0.15) is 11.8 Å². The fourth-order valence-electron chi connectivity index (χ4n) is 3.52. The standard InChI is InChI=1S/C20H22N2O3/c21-20(25)19(16-6-3-7-17(23)12-16)22-18(24)11-13-8-9-14-4-1-2-5-15(14)10-13/h1-2,4-5,8-10,16,19H,3,6-7,11-12H2,(H2,21,25)(H,22,24)/t16-,19+/m1/s1. The lowest BCUT2D eigenvalue weighted by molar-refractivity contribution is -0.130. The number of hydrogen-bond donors (Lipinski definition) is 2. The summed E-state index contributed by atoms with van der Waals surface area (Å²) in [6.45, 7) is 0. The molecule has 0 aromatic heterocycles. The molecule has 2 aromatic carbocycles. The Labute approximate surface area is 146 Å². The summed E-state index contributed by atoms with van der Waals surface area (Å²) in [6.07, 6.45) is 2.51. The minimum Gasteiger partial charge on any atom is -0.368 e. The lowest BCUT2D eigenvalue weighted by atomic mass is 9.82. The van der Waals surface area contributed by atoms with Gasteiger partial charge in [-0.2, -0.15) is 0 Å². The normalized spacial score (nSPS) is 18.7. The molecule has 0 heterocycles. The van der Waals surface area contributed by atoms with Crippen LogP contribution in [0.5, 0.6) is 0 Å². The summed E-state index contributed by atoms with van der Waals surface area (Å²) in [6, 6.07) is 13.0. The first-order valence-electron chi connectivity index (χ1n) is 8.61. The highest BCUT2D eigenvalue weighted by Gasteiger charge is 2.32. The van der Waals surface area contributed by atoms with E-state index in [0.29, 0.717) is 12.8 Å². The van der Waals surface area contributed by atoms with E-state index < -0.39 is 11.9 Å². The van der Waals surface area contributed by atoms with Crippen LogP contribution in [0, 0.1) is 5.92 Å². The smallest absolute Gasteiger partial charge is 0.240 e. The van der Waals surface area contributed by atoms with Crippen molar-refractivity contribution in [1.82, 2.24) is 5.32 Å². The third-order valence-corrected chi connectivity index (χ3v) is 4.79. The van der Waals surface area contributed by atoms with Crippen molar-refractivity contribution in [2.75, 3.05) is 0 Å². The van der Waals surface area contributed by atoms with Crippen molar-refractivity contribution in [3.05, 3.63) is 48.0 Å². The SMILES string of the molecule is NC(=O)[C@@H](NC(=O)Cc1ccc2ccccc2c1)[C@@H]1CCCC(=O)C1. The van der Waals surface area contributed by atoms with Crippen molar-refractivity contribution >= 4 is 28.4 Å². The molecular formula is C20H22N2O3. The zero-order chi connectivity index (χ0) is 17.8. The molecule has 0 spiro atoms. The first-order chi connectivity index (χ1) is 12.0. The van der Waals surface area contributed by atoms with Gasteiger partial charge in [0.25, 0.3) is 0 Å². The van der Waals surface area contributed by atoms with Crippen molar-refractivity contribution in [1.29, 1.82) is 0 Å². The highest BCUT2D eigenvalue weighted by molar-refractivity contribution is 5.90. The van der Waals surface area contributed by atoms with Crippen LogP contribution < -0.4 is 11.1 Å². The number of carbonyl (C=O) groups is 3. The predicted molar refractivity (Wildman–Crippen MR) is 95.7 cm³/mol. The van der Waals surface area contributed by atoms with Gasteiger partial charge in [-0.3, -0.25) is 14.4 Å². The number of hydrogen-bond acceptors (Lipinski definition) is 3. The number of amides is 2. The van der Waals surface area contributed by atoms with Gasteiger partial charge in [-0.25, -0.2) is 0 Å². The number of benzene rings is 2. The Morgan fingerprint density at radius 2 is 1.92 bits per heavy atom. The van der Waals surface area contributed by atoms with Crippen LogP contribution in [0.4, 0.5) is 0 Å². The van der Waals surface area contributed by atoms with E-state index in [0.717, 1.165) is 29.2 Å². The number of Topliss-reactive ketones (excluding diaryl/α,β-unsaturated/α-hetero) is 1. The Morgan fingerprint density at radius 1 is 1.16 bits per heavy atom. The molecule has 25 heavy (non-hydrogen) atoms. The average molecular weight is 338 g/mol. The predicted octanol–water partition coefficient (Wildman–Crippen LogP) is 2.11. The molecule has 1 fully saturated rings. The van der Waals surface area contributed by atoms with Gasteiger partial charge in [0.2, 0.25) is 11.8 Å². The average Bonchev–Trinajstić information content (AvgIpc) is 2.59. The molecule has 5 heteroatoms. The van der Waals surface area contributed by atoms with Crippen molar-refractivity contribution in [3.8, 4) is 0 Å². The van der Waals surface area contributed by atoms with Gasteiger partial charge >= 0.3 is 0 Å². The summed E-state index contributed by atoms with van der Waals surface area (Å²) >= 11 is 0. The van der Waals surface area contributed by atoms with Gasteiger partial charge < -0.3 is 11.1 Å². The number of primary amides is 1. The highest BCUT2D eigenvalue weighted by atomic mass is 16.2. The number of rotatable bonds is 5. The number of fused-ring (bicyclic) bond motifs is 1. The third-order valence-electron chi connectivity index (χ3n) is 4.79. The first-order valence-corrected chi connectivity index (χ1v) is 8.61. The van der Waals surface area contributed by atoms with E-state index in [-0.39, 0.29) is 24.0 Å². The third kappa shape index (κ3) is 4.24. The second kappa shape index (κ2) is 7.47. The van der Waals surface area contributed by atoms with Gasteiger partial charge in [-0.05, 0) is 35.1 Å². The maximum atomic E-state index is 12.4. The minimum atomic E-state index is -0.780. The van der Waals surface area contributed by atoms with Crippen molar-refractivity contribution in [3.63, 3.8) is 0 Å². The Bertz CT molecular complexity index is 815. The van der Waals surface area contributed by atoms with Gasteiger partial charge in [-0.15, -0.1) is 0 Å². The zero-order valence-corrected chi connectivity index (χ0v) is 14.0. The Hall–Kier alpha value is -2.69. The van der Waals surface area contributed by atoms with Gasteiger partial charge in [-0.1, -0.05) is 42.5 Å². The van der Waals surface area contributed by atoms with Crippen molar-refractivity contribution < 1.29 is 14.4 Å². The summed E-state index contributed by atoms with van der Waals surface area (Å²) in [4.78, 5) is 35.8. The lowest BCUT2D eigenvalue weighted by Gasteiger charge is -2.28. The molecule has 0 bridgehead atoms. The topological polar surface area (TPSA) is 89.3 Å². The molecule has 1 saturated carbocycles. The summed E-state index contributed by atoms with van der Waals surface area (Å²) in [5.41, 5.74) is 6.34. The van der Waals surface area contributed by atoms with Gasteiger partial charge in [0.15, 0.2) is 0 Å². The van der Waals surface area contributed by atoms with Crippen LogP contribution in [-0.2, 0) is 20.8 Å². The fourth-order valence-corrected chi connectivity index (χ4v) is 3.52. The molecule has 2 aromatic rings. The van der Waals surface area contributed by atoms with E-state index >= 15 is 0 Å². The molecule has 0 saturated heterocycles. The summed E-state index contributed by atoms with van der Waals surface area (Å²) in [7, 11) is 0. The second-order valence-electron chi connectivity index (χ2n) is 6.70. The monoisotopic (exact) mass is 338 g/mol. The lowest BCUT2D eigenvalue weighted by Crippen LogP contribution is -2.50. The number of ketones is 1. The van der Waals surface area contributed by atoms with Crippen LogP contribution in [0.1, 0.15) is 31.2 Å². The van der Waals surface area contributed by atoms with Gasteiger partial charge in [0, 0.05) is 12.8 Å². The van der Waals surface area contributed by atoms with E-state index in [1.165, 1.54) is 0 Å². The minimum absolute atomic E-state index is 0.131. The van der Waals surface area contributed by atoms with E-state index in [9.17, 15) is 14.4 Å². The Kier molecular flexibility index (Phi) is 5.12. The Balaban J connectivity index is 1.68. The highest BCUT2D eigenvalue weighted by Crippen LogP contribution is 2.24. The second-order valence-corrected chi connectivity index (χ2v) is 6.70. The number of nitrogens with two attached hydrogens (primary N) is 1. The van der Waals surface area contributed by atoms with E-state index in [4.69, 9.17) is 5.73 Å². The fraction of sp³-hybridized carbons (Fsp3) is 0.350. The first kappa shape index (κ1) is 17.1. The molecule has 0 radical (unpaired) electrons. The maximum Gasteiger partial charge on any atom is 0.240 e. The van der Waals surface area contributed by atoms with Gasteiger partial charge in [0.05, 0.1) is 6.42 Å². The van der Waals surface area contributed by atoms with Crippen LogP contribution in [0.2, 0.25) is 0 Å². The van der Waals surface area contributed by atoms with Crippen LogP contribution in [-0.4, -0.2) is 23.6 Å². The summed E-state index contributed by atoms with van der Waals surface area (Å²) in [5, 5.41) is 4.92. The molecule has 2 amide bonds. The maximum absolute atomic E-state index is 12.4. The largest absolute Gasteiger partial charge is 0.368 e. The van der Waals surface area contributed by atoms with E-state index in [2.05, 4.69) is 5.32 Å². The van der Waals surface area contributed by atoms with Crippen molar-refractivity contribution in [2.45, 2.75) is 38.1 Å². The number of nitrogens with one attached hydrogen (secondary N) is 1. The summed E-state index contributed by atoms with van der Waals surface area (Å²) < 4.78 is 0. The molecule has 5 nitrogen and oxygen atoms in total. The van der Waals surface area contributed by atoms with E-state index in [1.54, 1.807) is 0 Å². The van der Waals surface area contributed by atoms with Crippen LogP contribution in [0.15, 0.2) is 42.5 Å². The summed E-state index contributed by atoms with van der Waals surface area (Å²) in [5.74, 6) is -0.894. The van der Waals surface area contributed by atoms with Crippen molar-refractivity contribution in [2.24, 2.45) is 11.7 Å². The van der Waals surface area contributed by atoms with Crippen LogP contribution >= 0.6 is 0 Å². The van der Waals surface area contributed by atoms with Crippen LogP contribution in [0.25, 0.3) is 10.8 Å².